The van der Waals surface area contributed by atoms with Crippen LogP contribution in [-0.4, -0.2) is 34.8 Å². The molecule has 0 unspecified atom stereocenters. The van der Waals surface area contributed by atoms with E-state index < -0.39 is 28.6 Å². The summed E-state index contributed by atoms with van der Waals surface area (Å²) < 4.78 is 10.5. The molecule has 1 fully saturated rings. The van der Waals surface area contributed by atoms with E-state index in [1.165, 1.54) is 18.3 Å². The monoisotopic (exact) mass is 467 g/mol. The van der Waals surface area contributed by atoms with E-state index in [9.17, 15) is 19.7 Å². The first-order chi connectivity index (χ1) is 17.0. The number of hydrazone groups is 1. The SMILES string of the molecule is O=C1[C@H]2C3c4ccccc4C(c4ccccc43)[C@@H]2C(=O)N1/N=C\c1cc2c(cc1[N+](=O)[O-])OCO2. The largest absolute Gasteiger partial charge is 0.454 e. The Bertz CT molecular complexity index is 1380. The van der Waals surface area contributed by atoms with E-state index in [-0.39, 0.29) is 35.6 Å². The molecule has 0 radical (unpaired) electrons. The van der Waals surface area contributed by atoms with Crippen molar-refractivity contribution in [2.24, 2.45) is 16.9 Å². The molecule has 0 saturated carbocycles. The quantitative estimate of drug-likeness (QED) is 0.252. The second-order valence-corrected chi connectivity index (χ2v) is 9.02. The first kappa shape index (κ1) is 19.9. The number of ether oxygens (including phenoxy) is 2. The zero-order chi connectivity index (χ0) is 23.8. The Morgan fingerprint density at radius 1 is 0.857 bits per heavy atom. The van der Waals surface area contributed by atoms with Gasteiger partial charge < -0.3 is 9.47 Å². The van der Waals surface area contributed by atoms with Crippen LogP contribution in [0, 0.1) is 22.0 Å². The fraction of sp³-hybridized carbons (Fsp3) is 0.192. The first-order valence-electron chi connectivity index (χ1n) is 11.2. The molecule has 2 atom stereocenters. The predicted molar refractivity (Wildman–Crippen MR) is 122 cm³/mol. The number of amides is 2. The molecule has 0 aromatic heterocycles. The number of fused-ring (bicyclic) bond motifs is 1. The van der Waals surface area contributed by atoms with Gasteiger partial charge in [0.15, 0.2) is 11.5 Å². The molecular weight excluding hydrogens is 450 g/mol. The number of imide groups is 1. The normalized spacial score (nSPS) is 25.1. The molecule has 3 aromatic rings. The summed E-state index contributed by atoms with van der Waals surface area (Å²) in [6.45, 7) is -0.0383. The van der Waals surface area contributed by atoms with Gasteiger partial charge in [0.1, 0.15) is 0 Å². The lowest BCUT2D eigenvalue weighted by molar-refractivity contribution is -0.385. The van der Waals surface area contributed by atoms with Crippen LogP contribution in [0.5, 0.6) is 11.5 Å². The summed E-state index contributed by atoms with van der Waals surface area (Å²) in [6, 6.07) is 18.6. The summed E-state index contributed by atoms with van der Waals surface area (Å²) in [5.41, 5.74) is 4.12. The maximum Gasteiger partial charge on any atom is 0.282 e. The van der Waals surface area contributed by atoms with Crippen molar-refractivity contribution < 1.29 is 24.0 Å². The van der Waals surface area contributed by atoms with E-state index in [1.54, 1.807) is 0 Å². The van der Waals surface area contributed by atoms with Gasteiger partial charge >= 0.3 is 0 Å². The van der Waals surface area contributed by atoms with Crippen LogP contribution in [0.15, 0.2) is 65.8 Å². The lowest BCUT2D eigenvalue weighted by atomic mass is 9.55. The maximum atomic E-state index is 13.6. The summed E-state index contributed by atoms with van der Waals surface area (Å²) in [6.07, 6.45) is 1.18. The van der Waals surface area contributed by atoms with E-state index in [1.807, 2.05) is 48.5 Å². The average molecular weight is 467 g/mol. The van der Waals surface area contributed by atoms with Crippen LogP contribution in [0.1, 0.15) is 39.7 Å². The number of rotatable bonds is 3. The van der Waals surface area contributed by atoms with Gasteiger partial charge in [0.25, 0.3) is 17.5 Å². The Morgan fingerprint density at radius 2 is 1.34 bits per heavy atom. The average Bonchev–Trinajstić information content (AvgIpc) is 3.44. The first-order valence-corrected chi connectivity index (χ1v) is 11.2. The lowest BCUT2D eigenvalue weighted by Gasteiger charge is -2.45. The summed E-state index contributed by atoms with van der Waals surface area (Å²) >= 11 is 0. The number of hydrogen-bond acceptors (Lipinski definition) is 7. The van der Waals surface area contributed by atoms with Gasteiger partial charge in [0, 0.05) is 11.8 Å². The maximum absolute atomic E-state index is 13.6. The molecule has 0 spiro atoms. The molecule has 3 aromatic carbocycles. The number of hydrogen-bond donors (Lipinski definition) is 0. The predicted octanol–water partition coefficient (Wildman–Crippen LogP) is 3.55. The molecule has 9 nitrogen and oxygen atoms in total. The second kappa shape index (κ2) is 6.99. The molecule has 0 N–H and O–H groups in total. The standard InChI is InChI=1S/C26H17N3O6/c30-25-23-21-14-5-1-2-6-15(14)22(17-8-4-3-7-16(17)21)24(23)26(31)28(25)27-11-13-9-19-20(35-12-34-19)10-18(13)29(32)33/h1-11,21-24H,12H2/b27-11-/t21?,22?,23-,24-/m0/s1. The minimum Gasteiger partial charge on any atom is -0.454 e. The summed E-state index contributed by atoms with van der Waals surface area (Å²) in [7, 11) is 0. The van der Waals surface area contributed by atoms with Gasteiger partial charge in [0.2, 0.25) is 6.79 Å². The molecule has 2 heterocycles. The van der Waals surface area contributed by atoms with Crippen LogP contribution in [0.3, 0.4) is 0 Å². The van der Waals surface area contributed by atoms with Gasteiger partial charge in [0.05, 0.1) is 34.6 Å². The highest BCUT2D eigenvalue weighted by atomic mass is 16.7. The van der Waals surface area contributed by atoms with E-state index in [2.05, 4.69) is 5.10 Å². The lowest BCUT2D eigenvalue weighted by Crippen LogP contribution is -2.41. The Kier molecular flexibility index (Phi) is 3.97. The van der Waals surface area contributed by atoms with Crippen molar-refractivity contribution in [3.63, 3.8) is 0 Å². The highest BCUT2D eigenvalue weighted by Gasteiger charge is 2.61. The molecule has 1 saturated heterocycles. The van der Waals surface area contributed by atoms with Crippen molar-refractivity contribution in [3.05, 3.63) is 98.6 Å². The Balaban J connectivity index is 1.31. The van der Waals surface area contributed by atoms with Crippen LogP contribution in [0.4, 0.5) is 5.69 Å². The van der Waals surface area contributed by atoms with Crippen molar-refractivity contribution in [2.75, 3.05) is 6.79 Å². The molecule has 2 amide bonds. The Hall–Kier alpha value is -4.53. The molecule has 3 aliphatic carbocycles. The van der Waals surface area contributed by atoms with Gasteiger partial charge in [-0.05, 0) is 28.3 Å². The number of nitro benzene ring substituents is 1. The van der Waals surface area contributed by atoms with E-state index in [0.717, 1.165) is 27.3 Å². The van der Waals surface area contributed by atoms with Crippen LogP contribution >= 0.6 is 0 Å². The summed E-state index contributed by atoms with van der Waals surface area (Å²) in [5.74, 6) is -1.79. The molecule has 5 aliphatic rings. The highest BCUT2D eigenvalue weighted by Crippen LogP contribution is 2.61. The van der Waals surface area contributed by atoms with Gasteiger partial charge in [-0.3, -0.25) is 19.7 Å². The topological polar surface area (TPSA) is 111 Å². The zero-order valence-corrected chi connectivity index (χ0v) is 18.2. The molecule has 8 rings (SSSR count). The van der Waals surface area contributed by atoms with E-state index in [0.29, 0.717) is 5.75 Å². The van der Waals surface area contributed by atoms with Crippen molar-refractivity contribution in [3.8, 4) is 11.5 Å². The Morgan fingerprint density at radius 3 is 1.83 bits per heavy atom. The van der Waals surface area contributed by atoms with Crippen molar-refractivity contribution in [1.82, 2.24) is 5.01 Å². The molecular formula is C26H17N3O6. The molecule has 35 heavy (non-hydrogen) atoms. The number of carbonyl (C=O) groups is 2. The number of benzene rings is 3. The minimum absolute atomic E-state index is 0.0383. The van der Waals surface area contributed by atoms with Crippen LogP contribution < -0.4 is 9.47 Å². The van der Waals surface area contributed by atoms with Gasteiger partial charge in [-0.25, -0.2) is 0 Å². The molecule has 172 valence electrons. The van der Waals surface area contributed by atoms with Gasteiger partial charge in [-0.2, -0.15) is 10.1 Å². The minimum atomic E-state index is -0.568. The number of nitrogens with zero attached hydrogens (tertiary/aromatic N) is 3. The van der Waals surface area contributed by atoms with Crippen molar-refractivity contribution >= 4 is 23.7 Å². The van der Waals surface area contributed by atoms with E-state index >= 15 is 0 Å². The zero-order valence-electron chi connectivity index (χ0n) is 18.2. The summed E-state index contributed by atoms with van der Waals surface area (Å²) in [4.78, 5) is 38.2. The van der Waals surface area contributed by atoms with Gasteiger partial charge in [-0.1, -0.05) is 48.5 Å². The van der Waals surface area contributed by atoms with Crippen LogP contribution in [0.25, 0.3) is 0 Å². The highest BCUT2D eigenvalue weighted by molar-refractivity contribution is 6.08. The number of carbonyl (C=O) groups excluding carboxylic acids is 2. The van der Waals surface area contributed by atoms with Crippen molar-refractivity contribution in [1.29, 1.82) is 0 Å². The van der Waals surface area contributed by atoms with Crippen molar-refractivity contribution in [2.45, 2.75) is 11.8 Å². The second-order valence-electron chi connectivity index (χ2n) is 9.02. The number of nitro groups is 1. The third-order valence-corrected chi connectivity index (χ3v) is 7.46. The molecule has 9 heteroatoms. The fourth-order valence-corrected chi connectivity index (χ4v) is 6.10. The smallest absolute Gasteiger partial charge is 0.282 e. The molecule has 2 bridgehead atoms. The Labute approximate surface area is 198 Å². The molecule has 2 aliphatic heterocycles. The van der Waals surface area contributed by atoms with Crippen LogP contribution in [-0.2, 0) is 9.59 Å². The van der Waals surface area contributed by atoms with E-state index in [4.69, 9.17) is 9.47 Å². The third-order valence-electron chi connectivity index (χ3n) is 7.46. The fourth-order valence-electron chi connectivity index (χ4n) is 6.10. The summed E-state index contributed by atoms with van der Waals surface area (Å²) in [5, 5.41) is 16.7. The van der Waals surface area contributed by atoms with Crippen LogP contribution in [0.2, 0.25) is 0 Å². The van der Waals surface area contributed by atoms with Gasteiger partial charge in [-0.15, -0.1) is 0 Å². The third kappa shape index (κ3) is 2.60.